The third kappa shape index (κ3) is 6.67. The van der Waals surface area contributed by atoms with Crippen molar-refractivity contribution in [2.45, 2.75) is 62.4 Å². The smallest absolute Gasteiger partial charge is 1.00 e. The number of benzene rings is 4. The van der Waals surface area contributed by atoms with Crippen LogP contribution in [0.3, 0.4) is 0 Å². The van der Waals surface area contributed by atoms with E-state index in [4.69, 9.17) is 11.6 Å². The first-order valence-corrected chi connectivity index (χ1v) is 19.0. The number of fused-ring (bicyclic) bond motifs is 3. The summed E-state index contributed by atoms with van der Waals surface area (Å²) in [4.78, 5) is 0. The van der Waals surface area contributed by atoms with Gasteiger partial charge in [-0.1, -0.05) is 0 Å². The van der Waals surface area contributed by atoms with Gasteiger partial charge in [0.15, 0.2) is 0 Å². The summed E-state index contributed by atoms with van der Waals surface area (Å²) < 4.78 is 3.58. The summed E-state index contributed by atoms with van der Waals surface area (Å²) in [7, 11) is 0. The normalized spacial score (nSPS) is 14.3. The van der Waals surface area contributed by atoms with E-state index in [1.54, 1.807) is 3.28 Å². The molecule has 2 aliphatic carbocycles. The Kier molecular flexibility index (Phi) is 10.4. The summed E-state index contributed by atoms with van der Waals surface area (Å²) in [5.74, 6) is 0. The van der Waals surface area contributed by atoms with Gasteiger partial charge in [-0.3, -0.25) is 0 Å². The second-order valence-electron chi connectivity index (χ2n) is 13.5. The Labute approximate surface area is 283 Å². The minimum Gasteiger partial charge on any atom is -1.00 e. The van der Waals surface area contributed by atoms with Crippen LogP contribution in [-0.4, -0.2) is 3.21 Å². The SMILES string of the molecule is CC(C)(C)c1ccc2c(c1)-c1cc(C(C)(C)C)ccc1[CH]2/[Zr+2]([C]1=CC=CC1)=[C](\c1ccccc1)c1cccc(Cl)c1.[Cl-].[Cl-]. The van der Waals surface area contributed by atoms with E-state index in [0.717, 1.165) is 11.4 Å². The van der Waals surface area contributed by atoms with Gasteiger partial charge in [0.2, 0.25) is 0 Å². The number of halogens is 3. The maximum absolute atomic E-state index is 6.66. The molecule has 0 amide bonds. The molecule has 220 valence electrons. The Hall–Kier alpha value is -2.02. The summed E-state index contributed by atoms with van der Waals surface area (Å²) in [6, 6.07) is 34.4. The van der Waals surface area contributed by atoms with Crippen molar-refractivity contribution in [3.05, 3.63) is 151 Å². The molecule has 6 rings (SSSR count). The molecule has 0 heterocycles. The number of hydrogen-bond acceptors (Lipinski definition) is 0. The molecule has 0 bridgehead atoms. The van der Waals surface area contributed by atoms with Gasteiger partial charge in [-0.05, 0) is 0 Å². The maximum Gasteiger partial charge on any atom is -1.00 e. The number of hydrogen-bond donors (Lipinski definition) is 0. The molecule has 43 heavy (non-hydrogen) atoms. The predicted octanol–water partition coefficient (Wildman–Crippen LogP) is 4.74. The van der Waals surface area contributed by atoms with Gasteiger partial charge in [-0.25, -0.2) is 0 Å². The van der Waals surface area contributed by atoms with Gasteiger partial charge in [-0.15, -0.1) is 0 Å². The van der Waals surface area contributed by atoms with E-state index in [9.17, 15) is 0 Å². The van der Waals surface area contributed by atoms with Crippen LogP contribution in [0.4, 0.5) is 0 Å². The van der Waals surface area contributed by atoms with Gasteiger partial charge in [0, 0.05) is 0 Å². The Morgan fingerprint density at radius 1 is 0.674 bits per heavy atom. The zero-order valence-electron chi connectivity index (χ0n) is 25.8. The molecule has 4 aromatic rings. The summed E-state index contributed by atoms with van der Waals surface area (Å²) in [6.07, 6.45) is 8.11. The van der Waals surface area contributed by atoms with E-state index in [2.05, 4.69) is 145 Å². The van der Waals surface area contributed by atoms with Crippen molar-refractivity contribution >= 4 is 14.8 Å². The zero-order valence-corrected chi connectivity index (χ0v) is 30.5. The maximum atomic E-state index is 6.66. The first kappa shape index (κ1) is 33.9. The Bertz CT molecular complexity index is 1670. The molecule has 4 heteroatoms. The molecule has 0 saturated heterocycles. The van der Waals surface area contributed by atoms with Crippen molar-refractivity contribution in [2.75, 3.05) is 0 Å². The molecule has 0 aromatic heterocycles. The van der Waals surface area contributed by atoms with Crippen LogP contribution in [0.1, 0.15) is 85.0 Å². The first-order valence-electron chi connectivity index (χ1n) is 14.7. The van der Waals surface area contributed by atoms with Crippen molar-refractivity contribution in [2.24, 2.45) is 0 Å². The van der Waals surface area contributed by atoms with Gasteiger partial charge in [0.1, 0.15) is 0 Å². The summed E-state index contributed by atoms with van der Waals surface area (Å²) in [5.41, 5.74) is 11.5. The van der Waals surface area contributed by atoms with Crippen LogP contribution in [0.25, 0.3) is 11.1 Å². The average Bonchev–Trinajstić information content (AvgIpc) is 3.57. The Balaban J connectivity index is 0.00000212. The van der Waals surface area contributed by atoms with Crippen LogP contribution in [0.2, 0.25) is 5.02 Å². The number of rotatable bonds is 4. The van der Waals surface area contributed by atoms with E-state index < -0.39 is 21.3 Å². The van der Waals surface area contributed by atoms with Gasteiger partial charge >= 0.3 is 261 Å². The molecule has 0 N–H and O–H groups in total. The van der Waals surface area contributed by atoms with Crippen LogP contribution < -0.4 is 24.8 Å². The summed E-state index contributed by atoms with van der Waals surface area (Å²) in [5, 5.41) is 0.800. The molecular formula is C39H39Cl3Zr. The monoisotopic (exact) mass is 702 g/mol. The Morgan fingerprint density at radius 2 is 1.23 bits per heavy atom. The van der Waals surface area contributed by atoms with Crippen LogP contribution in [0.15, 0.2) is 113 Å². The van der Waals surface area contributed by atoms with Crippen molar-refractivity contribution in [3.63, 3.8) is 0 Å². The van der Waals surface area contributed by atoms with Crippen molar-refractivity contribution in [1.29, 1.82) is 0 Å². The average molecular weight is 705 g/mol. The van der Waals surface area contributed by atoms with E-state index in [1.807, 2.05) is 6.07 Å². The molecule has 0 nitrogen and oxygen atoms in total. The second kappa shape index (κ2) is 13.1. The van der Waals surface area contributed by atoms with Crippen molar-refractivity contribution in [1.82, 2.24) is 0 Å². The minimum absolute atomic E-state index is 0. The standard InChI is InChI=1S/C21H25.C13H9Cl.C5H5.2ClH.Zr/c1-20(2,3)16-9-7-14-11-15-8-10-17(21(4,5)6)13-19(15)18(14)12-16;14-13-8-4-7-12(10-13)9-11-5-2-1-3-6-11;1-2-4-5-3-1;;;/h7-13H,1-6H3;1-8,10H;1-3H,4H2;2*1H;/q;;;;;+2/p-2. The van der Waals surface area contributed by atoms with E-state index in [0.29, 0.717) is 3.63 Å². The minimum atomic E-state index is -2.70. The van der Waals surface area contributed by atoms with Gasteiger partial charge in [-0.2, -0.15) is 0 Å². The fourth-order valence-corrected chi connectivity index (χ4v) is 15.6. The van der Waals surface area contributed by atoms with Crippen molar-refractivity contribution in [3.8, 4) is 11.1 Å². The Morgan fingerprint density at radius 3 is 1.72 bits per heavy atom. The van der Waals surface area contributed by atoms with E-state index in [1.165, 1.54) is 47.7 Å². The van der Waals surface area contributed by atoms with Crippen LogP contribution >= 0.6 is 11.6 Å². The quantitative estimate of drug-likeness (QED) is 0.288. The van der Waals surface area contributed by atoms with Crippen LogP contribution in [0, 0.1) is 0 Å². The number of allylic oxidation sites excluding steroid dienone is 4. The van der Waals surface area contributed by atoms with Gasteiger partial charge < -0.3 is 24.8 Å². The predicted molar refractivity (Wildman–Crippen MR) is 174 cm³/mol. The fraction of sp³-hybridized carbons (Fsp3) is 0.256. The zero-order chi connectivity index (χ0) is 28.9. The second-order valence-corrected chi connectivity index (χ2v) is 20.2. The van der Waals surface area contributed by atoms with Crippen LogP contribution in [0.5, 0.6) is 0 Å². The molecule has 0 unspecified atom stereocenters. The van der Waals surface area contributed by atoms with Crippen molar-refractivity contribution < 1.29 is 46.1 Å². The molecular weight excluding hydrogens is 666 g/mol. The molecule has 0 atom stereocenters. The summed E-state index contributed by atoms with van der Waals surface area (Å²) in [6.45, 7) is 13.9. The molecule has 2 aliphatic rings. The molecule has 0 radical (unpaired) electrons. The third-order valence-electron chi connectivity index (χ3n) is 8.60. The third-order valence-corrected chi connectivity index (χ3v) is 17.1. The summed E-state index contributed by atoms with van der Waals surface area (Å²) >= 11 is 3.96. The van der Waals surface area contributed by atoms with E-state index >= 15 is 0 Å². The van der Waals surface area contributed by atoms with Gasteiger partial charge in [0.05, 0.1) is 0 Å². The van der Waals surface area contributed by atoms with Gasteiger partial charge in [0.25, 0.3) is 0 Å². The first-order chi connectivity index (χ1) is 19.5. The largest absolute Gasteiger partial charge is 1.00 e. The molecule has 0 aliphatic heterocycles. The molecule has 0 saturated carbocycles. The molecule has 4 aromatic carbocycles. The van der Waals surface area contributed by atoms with E-state index in [-0.39, 0.29) is 35.6 Å². The van der Waals surface area contributed by atoms with Crippen LogP contribution in [-0.2, 0) is 32.1 Å². The molecule has 0 fully saturated rings. The fourth-order valence-electron chi connectivity index (χ4n) is 6.36. The molecule has 0 spiro atoms. The topological polar surface area (TPSA) is 0 Å².